The van der Waals surface area contributed by atoms with Gasteiger partial charge in [0.25, 0.3) is 0 Å². The number of alkyl carbamates (subject to hydrolysis) is 2. The molecule has 0 radical (unpaired) electrons. The van der Waals surface area contributed by atoms with Crippen LogP contribution >= 0.6 is 0 Å². The average Bonchev–Trinajstić information content (AvgIpc) is 2.86. The summed E-state index contributed by atoms with van der Waals surface area (Å²) in [7, 11) is 0. The molecule has 38 heavy (non-hydrogen) atoms. The van der Waals surface area contributed by atoms with E-state index >= 15 is 0 Å². The lowest BCUT2D eigenvalue weighted by molar-refractivity contribution is -0.137. The number of nitrogens with one attached hydrogen (secondary N) is 2. The number of esters is 1. The molecular formula is C25H27F5N2O6. The fraction of sp³-hybridized carbons (Fsp3) is 0.400. The van der Waals surface area contributed by atoms with Crippen molar-refractivity contribution in [2.75, 3.05) is 6.54 Å². The van der Waals surface area contributed by atoms with E-state index < -0.39 is 64.6 Å². The van der Waals surface area contributed by atoms with Crippen molar-refractivity contribution in [2.45, 2.75) is 58.3 Å². The van der Waals surface area contributed by atoms with Crippen LogP contribution in [0, 0.1) is 29.1 Å². The first-order valence-electron chi connectivity index (χ1n) is 11.5. The number of carbonyl (C=O) groups excluding carboxylic acids is 3. The van der Waals surface area contributed by atoms with Gasteiger partial charge in [-0.3, -0.25) is 0 Å². The van der Waals surface area contributed by atoms with E-state index in [0.29, 0.717) is 0 Å². The van der Waals surface area contributed by atoms with Crippen LogP contribution in [0.2, 0.25) is 0 Å². The van der Waals surface area contributed by atoms with Crippen molar-refractivity contribution in [3.63, 3.8) is 0 Å². The predicted molar refractivity (Wildman–Crippen MR) is 124 cm³/mol. The van der Waals surface area contributed by atoms with Crippen LogP contribution in [0.1, 0.15) is 45.6 Å². The highest BCUT2D eigenvalue weighted by Gasteiger charge is 2.32. The summed E-state index contributed by atoms with van der Waals surface area (Å²) in [6.45, 7) is 4.78. The summed E-state index contributed by atoms with van der Waals surface area (Å²) in [5.74, 6) is -15.0. The lowest BCUT2D eigenvalue weighted by atomic mass is 10.1. The summed E-state index contributed by atoms with van der Waals surface area (Å²) in [5.41, 5.74) is -0.185. The first-order valence-corrected chi connectivity index (χ1v) is 11.5. The maximum absolute atomic E-state index is 13.9. The van der Waals surface area contributed by atoms with Crippen LogP contribution in [0.15, 0.2) is 30.3 Å². The highest BCUT2D eigenvalue weighted by molar-refractivity contribution is 5.83. The number of unbranched alkanes of at least 4 members (excludes halogenated alkanes) is 1. The number of carbonyl (C=O) groups is 3. The number of rotatable bonds is 10. The summed E-state index contributed by atoms with van der Waals surface area (Å²) < 4.78 is 82.7. The van der Waals surface area contributed by atoms with Crippen molar-refractivity contribution in [2.24, 2.45) is 0 Å². The topological polar surface area (TPSA) is 103 Å². The molecule has 8 nitrogen and oxygen atoms in total. The van der Waals surface area contributed by atoms with Gasteiger partial charge in [-0.15, -0.1) is 0 Å². The van der Waals surface area contributed by atoms with E-state index in [2.05, 4.69) is 15.4 Å². The van der Waals surface area contributed by atoms with Crippen molar-refractivity contribution in [3.8, 4) is 5.75 Å². The smallest absolute Gasteiger partial charge is 0.408 e. The van der Waals surface area contributed by atoms with E-state index in [1.807, 2.05) is 6.07 Å². The molecule has 2 amide bonds. The molecule has 0 fully saturated rings. The van der Waals surface area contributed by atoms with E-state index in [1.54, 1.807) is 24.3 Å². The Hall–Kier alpha value is -3.90. The molecule has 0 saturated heterocycles. The number of halogens is 5. The third-order valence-corrected chi connectivity index (χ3v) is 4.75. The van der Waals surface area contributed by atoms with Gasteiger partial charge >= 0.3 is 18.2 Å². The Kier molecular flexibility index (Phi) is 10.8. The lowest BCUT2D eigenvalue weighted by Crippen LogP contribution is -2.45. The van der Waals surface area contributed by atoms with Gasteiger partial charge in [-0.2, -0.15) is 8.78 Å². The fourth-order valence-corrected chi connectivity index (χ4v) is 2.98. The summed E-state index contributed by atoms with van der Waals surface area (Å²) in [6.07, 6.45) is -1.54. The Morgan fingerprint density at radius 2 is 1.42 bits per heavy atom. The van der Waals surface area contributed by atoms with Gasteiger partial charge in [0.05, 0.1) is 0 Å². The van der Waals surface area contributed by atoms with Crippen molar-refractivity contribution in [1.29, 1.82) is 0 Å². The molecule has 1 atom stereocenters. The molecule has 0 saturated carbocycles. The van der Waals surface area contributed by atoms with E-state index in [0.717, 1.165) is 5.56 Å². The van der Waals surface area contributed by atoms with Crippen molar-refractivity contribution in [3.05, 3.63) is 65.0 Å². The van der Waals surface area contributed by atoms with E-state index in [4.69, 9.17) is 9.47 Å². The second kappa shape index (κ2) is 13.6. The summed E-state index contributed by atoms with van der Waals surface area (Å²) in [4.78, 5) is 36.5. The van der Waals surface area contributed by atoms with Crippen molar-refractivity contribution in [1.82, 2.24) is 10.6 Å². The second-order valence-electron chi connectivity index (χ2n) is 9.00. The zero-order valence-corrected chi connectivity index (χ0v) is 20.8. The Morgan fingerprint density at radius 3 is 2.00 bits per heavy atom. The predicted octanol–water partition coefficient (Wildman–Crippen LogP) is 5.28. The zero-order chi connectivity index (χ0) is 28.5. The van der Waals surface area contributed by atoms with Crippen molar-refractivity contribution < 1.29 is 50.5 Å². The highest BCUT2D eigenvalue weighted by Crippen LogP contribution is 2.29. The molecule has 13 heteroatoms. The van der Waals surface area contributed by atoms with Crippen molar-refractivity contribution >= 4 is 18.2 Å². The molecule has 0 aliphatic carbocycles. The molecule has 0 aliphatic heterocycles. The largest absolute Gasteiger partial charge is 0.445 e. The molecule has 0 unspecified atom stereocenters. The maximum Gasteiger partial charge on any atom is 0.408 e. The maximum atomic E-state index is 13.9. The molecule has 0 spiro atoms. The monoisotopic (exact) mass is 546 g/mol. The van der Waals surface area contributed by atoms with Crippen LogP contribution in [0.3, 0.4) is 0 Å². The number of benzene rings is 2. The van der Waals surface area contributed by atoms with Gasteiger partial charge in [-0.25, -0.2) is 27.6 Å². The Bertz CT molecular complexity index is 1110. The Labute approximate surface area is 215 Å². The van der Waals surface area contributed by atoms with Crippen LogP contribution in [0.4, 0.5) is 31.5 Å². The van der Waals surface area contributed by atoms with Gasteiger partial charge in [-0.05, 0) is 45.6 Å². The summed E-state index contributed by atoms with van der Waals surface area (Å²) >= 11 is 0. The third kappa shape index (κ3) is 9.20. The molecule has 0 bridgehead atoms. The highest BCUT2D eigenvalue weighted by atomic mass is 19.2. The Balaban J connectivity index is 1.97. The first-order chi connectivity index (χ1) is 17.8. The molecule has 2 aromatic carbocycles. The normalized spacial score (nSPS) is 11.9. The number of hydrogen-bond donors (Lipinski definition) is 2. The molecule has 0 heterocycles. The van der Waals surface area contributed by atoms with Gasteiger partial charge in [0.2, 0.25) is 34.8 Å². The molecule has 2 N–H and O–H groups in total. The number of hydrogen-bond acceptors (Lipinski definition) is 6. The van der Waals surface area contributed by atoms with Gasteiger partial charge in [-0.1, -0.05) is 30.3 Å². The summed E-state index contributed by atoms with van der Waals surface area (Å²) in [5, 5.41) is 4.65. The molecule has 2 aromatic rings. The van der Waals surface area contributed by atoms with Crippen LogP contribution in [-0.4, -0.2) is 36.3 Å². The van der Waals surface area contributed by atoms with E-state index in [1.165, 1.54) is 20.8 Å². The first kappa shape index (κ1) is 30.3. The third-order valence-electron chi connectivity index (χ3n) is 4.75. The van der Waals surface area contributed by atoms with Crippen LogP contribution < -0.4 is 15.4 Å². The zero-order valence-electron chi connectivity index (χ0n) is 20.8. The minimum absolute atomic E-state index is 0.0537. The molecular weight excluding hydrogens is 519 g/mol. The van der Waals surface area contributed by atoms with Gasteiger partial charge in [0, 0.05) is 6.54 Å². The molecule has 2 rings (SSSR count). The molecule has 208 valence electrons. The lowest BCUT2D eigenvalue weighted by Gasteiger charge is -2.23. The minimum Gasteiger partial charge on any atom is -0.445 e. The number of amides is 2. The quantitative estimate of drug-likeness (QED) is 0.105. The second-order valence-corrected chi connectivity index (χ2v) is 9.00. The SMILES string of the molecule is CC(C)(C)OC(=O)N[C@@H](CCCCNC(=O)OCc1ccccc1)C(=O)Oc1c(F)c(F)c(F)c(F)c1F. The average molecular weight is 546 g/mol. The van der Waals surface area contributed by atoms with Gasteiger partial charge < -0.3 is 24.8 Å². The molecule has 0 aliphatic rings. The minimum atomic E-state index is -2.42. The number of ether oxygens (including phenoxy) is 3. The Morgan fingerprint density at radius 1 is 0.842 bits per heavy atom. The van der Waals surface area contributed by atoms with Gasteiger partial charge in [0.15, 0.2) is 0 Å². The van der Waals surface area contributed by atoms with Gasteiger partial charge in [0.1, 0.15) is 18.2 Å². The molecule has 0 aromatic heterocycles. The summed E-state index contributed by atoms with van der Waals surface area (Å²) in [6, 6.07) is 7.36. The van der Waals surface area contributed by atoms with Crippen LogP contribution in [0.25, 0.3) is 0 Å². The fourth-order valence-electron chi connectivity index (χ4n) is 2.98. The van der Waals surface area contributed by atoms with Crippen LogP contribution in [0.5, 0.6) is 5.75 Å². The van der Waals surface area contributed by atoms with Crippen LogP contribution in [-0.2, 0) is 20.9 Å². The standard InChI is InChI=1S/C25H27F5N2O6/c1-25(2,3)38-24(35)32-15(22(33)37-21-19(29)17(27)16(26)18(28)20(21)30)11-7-8-12-31-23(34)36-13-14-9-5-4-6-10-14/h4-6,9-10,15H,7-8,11-13H2,1-3H3,(H,31,34)(H,32,35)/t15-/m0/s1. The van der Waals surface area contributed by atoms with E-state index in [-0.39, 0.29) is 32.4 Å². The van der Waals surface area contributed by atoms with E-state index in [9.17, 15) is 36.3 Å².